The van der Waals surface area contributed by atoms with E-state index in [-0.39, 0.29) is 5.57 Å². The van der Waals surface area contributed by atoms with E-state index in [9.17, 15) is 14.4 Å². The number of barbiturate groups is 1. The standard InChI is InChI=1S/C24H16N4O3/c29-22-20(23(30)26-24(31)25-22)13-18-14-28(19-8-2-1-3-9-19)27-21(18)17-11-10-15-6-4-5-7-16(15)12-17/h1-14H,(H2,25,26,29,30,31). The van der Waals surface area contributed by atoms with Crippen molar-refractivity contribution in [3.05, 3.63) is 90.1 Å². The molecule has 4 aromatic rings. The number of amides is 4. The van der Waals surface area contributed by atoms with Crippen molar-refractivity contribution in [2.24, 2.45) is 0 Å². The number of imide groups is 2. The number of hydrogen-bond acceptors (Lipinski definition) is 4. The van der Waals surface area contributed by atoms with Gasteiger partial charge in [0, 0.05) is 17.3 Å². The van der Waals surface area contributed by atoms with E-state index in [0.717, 1.165) is 22.0 Å². The number of benzene rings is 3. The van der Waals surface area contributed by atoms with Crippen LogP contribution in [0.25, 0.3) is 33.8 Å². The van der Waals surface area contributed by atoms with Crippen LogP contribution in [0.15, 0.2) is 84.6 Å². The van der Waals surface area contributed by atoms with Crippen molar-refractivity contribution in [3.63, 3.8) is 0 Å². The molecule has 7 nitrogen and oxygen atoms in total. The highest BCUT2D eigenvalue weighted by molar-refractivity contribution is 6.31. The van der Waals surface area contributed by atoms with Gasteiger partial charge in [0.1, 0.15) is 5.57 Å². The first-order valence-electron chi connectivity index (χ1n) is 9.61. The Labute approximate surface area is 177 Å². The second-order valence-electron chi connectivity index (χ2n) is 7.07. The van der Waals surface area contributed by atoms with Crippen molar-refractivity contribution >= 4 is 34.7 Å². The van der Waals surface area contributed by atoms with Crippen LogP contribution in [0.2, 0.25) is 0 Å². The van der Waals surface area contributed by atoms with Gasteiger partial charge in [-0.25, -0.2) is 9.48 Å². The van der Waals surface area contributed by atoms with Crippen LogP contribution in [-0.4, -0.2) is 27.6 Å². The number of carbonyl (C=O) groups is 3. The van der Waals surface area contributed by atoms with E-state index in [0.29, 0.717) is 11.3 Å². The van der Waals surface area contributed by atoms with E-state index in [2.05, 4.69) is 10.6 Å². The Kier molecular flexibility index (Phi) is 4.41. The van der Waals surface area contributed by atoms with E-state index in [1.807, 2.05) is 72.8 Å². The first-order valence-corrected chi connectivity index (χ1v) is 9.61. The molecule has 1 aliphatic heterocycles. The van der Waals surface area contributed by atoms with Gasteiger partial charge in [0.05, 0.1) is 11.4 Å². The maximum absolute atomic E-state index is 12.2. The zero-order valence-electron chi connectivity index (χ0n) is 16.2. The number of fused-ring (bicyclic) bond motifs is 1. The first kappa shape index (κ1) is 18.5. The molecule has 2 heterocycles. The molecule has 7 heteroatoms. The molecular formula is C24H16N4O3. The Bertz CT molecular complexity index is 1360. The molecule has 0 unspecified atom stereocenters. The van der Waals surface area contributed by atoms with Gasteiger partial charge in [-0.1, -0.05) is 54.6 Å². The van der Waals surface area contributed by atoms with Crippen LogP contribution in [0.3, 0.4) is 0 Å². The lowest BCUT2D eigenvalue weighted by atomic mass is 10.0. The third kappa shape index (κ3) is 3.49. The molecule has 31 heavy (non-hydrogen) atoms. The van der Waals surface area contributed by atoms with Crippen LogP contribution in [0.1, 0.15) is 5.56 Å². The number of nitrogens with one attached hydrogen (secondary N) is 2. The first-order chi connectivity index (χ1) is 15.1. The Morgan fingerprint density at radius 3 is 2.19 bits per heavy atom. The summed E-state index contributed by atoms with van der Waals surface area (Å²) in [7, 11) is 0. The second-order valence-corrected chi connectivity index (χ2v) is 7.07. The maximum Gasteiger partial charge on any atom is 0.328 e. The van der Waals surface area contributed by atoms with Gasteiger partial charge >= 0.3 is 6.03 Å². The van der Waals surface area contributed by atoms with E-state index in [1.165, 1.54) is 6.08 Å². The van der Waals surface area contributed by atoms with Crippen molar-refractivity contribution in [2.75, 3.05) is 0 Å². The van der Waals surface area contributed by atoms with Crippen molar-refractivity contribution in [3.8, 4) is 16.9 Å². The van der Waals surface area contributed by atoms with Gasteiger partial charge < -0.3 is 0 Å². The molecule has 1 aromatic heterocycles. The molecule has 0 radical (unpaired) electrons. The average molecular weight is 408 g/mol. The highest BCUT2D eigenvalue weighted by atomic mass is 16.2. The zero-order valence-corrected chi connectivity index (χ0v) is 16.2. The Morgan fingerprint density at radius 2 is 1.45 bits per heavy atom. The molecule has 2 N–H and O–H groups in total. The lowest BCUT2D eigenvalue weighted by Gasteiger charge is -2.13. The van der Waals surface area contributed by atoms with E-state index in [4.69, 9.17) is 5.10 Å². The number of urea groups is 1. The number of carbonyl (C=O) groups excluding carboxylic acids is 3. The molecule has 0 spiro atoms. The van der Waals surface area contributed by atoms with Gasteiger partial charge in [0.2, 0.25) is 0 Å². The average Bonchev–Trinajstić information content (AvgIpc) is 3.20. The minimum Gasteiger partial charge on any atom is -0.273 e. The zero-order chi connectivity index (χ0) is 21.4. The van der Waals surface area contributed by atoms with E-state index >= 15 is 0 Å². The van der Waals surface area contributed by atoms with Gasteiger partial charge in [-0.05, 0) is 35.0 Å². The highest BCUT2D eigenvalue weighted by Crippen LogP contribution is 2.29. The Balaban J connectivity index is 1.68. The fourth-order valence-electron chi connectivity index (χ4n) is 3.53. The summed E-state index contributed by atoms with van der Waals surface area (Å²) in [6.45, 7) is 0. The fraction of sp³-hybridized carbons (Fsp3) is 0. The fourth-order valence-corrected chi connectivity index (χ4v) is 3.53. The predicted molar refractivity (Wildman–Crippen MR) is 116 cm³/mol. The molecule has 4 amide bonds. The van der Waals surface area contributed by atoms with Crippen molar-refractivity contribution < 1.29 is 14.4 Å². The van der Waals surface area contributed by atoms with E-state index < -0.39 is 17.8 Å². The number of para-hydroxylation sites is 1. The van der Waals surface area contributed by atoms with Crippen LogP contribution in [-0.2, 0) is 9.59 Å². The summed E-state index contributed by atoms with van der Waals surface area (Å²) in [6, 6.07) is 22.6. The van der Waals surface area contributed by atoms with Crippen molar-refractivity contribution in [1.82, 2.24) is 20.4 Å². The normalized spacial score (nSPS) is 13.8. The van der Waals surface area contributed by atoms with Gasteiger partial charge in [0.25, 0.3) is 11.8 Å². The predicted octanol–water partition coefficient (Wildman–Crippen LogP) is 3.44. The SMILES string of the molecule is O=C1NC(=O)C(=Cc2cn(-c3ccccc3)nc2-c2ccc3ccccc3c2)C(=O)N1. The van der Waals surface area contributed by atoms with Crippen molar-refractivity contribution in [2.45, 2.75) is 0 Å². The Morgan fingerprint density at radius 1 is 0.774 bits per heavy atom. The summed E-state index contributed by atoms with van der Waals surface area (Å²) in [5.41, 5.74) is 2.71. The van der Waals surface area contributed by atoms with Crippen LogP contribution in [0, 0.1) is 0 Å². The second kappa shape index (κ2) is 7.38. The minimum absolute atomic E-state index is 0.158. The molecule has 1 fully saturated rings. The smallest absolute Gasteiger partial charge is 0.273 e. The molecule has 1 saturated heterocycles. The lowest BCUT2D eigenvalue weighted by molar-refractivity contribution is -0.123. The van der Waals surface area contributed by atoms with Crippen LogP contribution >= 0.6 is 0 Å². The third-order valence-corrected chi connectivity index (χ3v) is 5.03. The number of nitrogens with zero attached hydrogens (tertiary/aromatic N) is 2. The molecule has 150 valence electrons. The van der Waals surface area contributed by atoms with Crippen LogP contribution < -0.4 is 10.6 Å². The highest BCUT2D eigenvalue weighted by Gasteiger charge is 2.28. The van der Waals surface area contributed by atoms with Gasteiger partial charge in [0.15, 0.2) is 0 Å². The van der Waals surface area contributed by atoms with E-state index in [1.54, 1.807) is 10.9 Å². The quantitative estimate of drug-likeness (QED) is 0.401. The van der Waals surface area contributed by atoms with Crippen LogP contribution in [0.4, 0.5) is 4.79 Å². The summed E-state index contributed by atoms with van der Waals surface area (Å²) < 4.78 is 1.70. The summed E-state index contributed by atoms with van der Waals surface area (Å²) >= 11 is 0. The Hall–Kier alpha value is -4.52. The summed E-state index contributed by atoms with van der Waals surface area (Å²) in [5.74, 6) is -1.49. The van der Waals surface area contributed by atoms with Gasteiger partial charge in [-0.3, -0.25) is 20.2 Å². The summed E-state index contributed by atoms with van der Waals surface area (Å²) in [6.07, 6.45) is 3.21. The molecule has 0 saturated carbocycles. The van der Waals surface area contributed by atoms with Gasteiger partial charge in [-0.2, -0.15) is 5.10 Å². The molecule has 0 aliphatic carbocycles. The molecule has 5 rings (SSSR count). The number of aromatic nitrogens is 2. The largest absolute Gasteiger partial charge is 0.328 e. The maximum atomic E-state index is 12.2. The molecular weight excluding hydrogens is 392 g/mol. The van der Waals surface area contributed by atoms with Gasteiger partial charge in [-0.15, -0.1) is 0 Å². The number of rotatable bonds is 3. The monoisotopic (exact) mass is 408 g/mol. The summed E-state index contributed by atoms with van der Waals surface area (Å²) in [4.78, 5) is 35.8. The van der Waals surface area contributed by atoms with Crippen LogP contribution in [0.5, 0.6) is 0 Å². The topological polar surface area (TPSA) is 93.1 Å². The summed E-state index contributed by atoms with van der Waals surface area (Å²) in [5, 5.41) is 11.1. The van der Waals surface area contributed by atoms with Crippen molar-refractivity contribution in [1.29, 1.82) is 0 Å². The third-order valence-electron chi connectivity index (χ3n) is 5.03. The molecule has 0 bridgehead atoms. The molecule has 3 aromatic carbocycles. The molecule has 0 atom stereocenters. The minimum atomic E-state index is -0.832. The number of hydrogen-bond donors (Lipinski definition) is 2. The molecule has 1 aliphatic rings. The lowest BCUT2D eigenvalue weighted by Crippen LogP contribution is -2.51.